The van der Waals surface area contributed by atoms with Crippen LogP contribution in [0.3, 0.4) is 0 Å². The first-order valence-corrected chi connectivity index (χ1v) is 6.43. The van der Waals surface area contributed by atoms with E-state index in [9.17, 15) is 4.79 Å². The van der Waals surface area contributed by atoms with Gasteiger partial charge in [0, 0.05) is 13.1 Å². The Hall–Kier alpha value is -1.05. The predicted octanol–water partition coefficient (Wildman–Crippen LogP) is 3.16. The fourth-order valence-corrected chi connectivity index (χ4v) is 1.84. The third kappa shape index (κ3) is 3.84. The summed E-state index contributed by atoms with van der Waals surface area (Å²) >= 11 is 0. The van der Waals surface area contributed by atoms with E-state index < -0.39 is 0 Å². The van der Waals surface area contributed by atoms with Crippen LogP contribution >= 0.6 is 0 Å². The van der Waals surface area contributed by atoms with Gasteiger partial charge in [-0.3, -0.25) is 4.79 Å². The molecule has 0 fully saturated rings. The molecule has 0 aromatic heterocycles. The summed E-state index contributed by atoms with van der Waals surface area (Å²) in [6.45, 7) is 6.15. The van der Waals surface area contributed by atoms with Gasteiger partial charge < -0.3 is 4.90 Å². The Morgan fingerprint density at radius 3 is 2.00 bits per heavy atom. The zero-order valence-electron chi connectivity index (χ0n) is 10.5. The minimum atomic E-state index is -0.00582. The van der Waals surface area contributed by atoms with Crippen molar-refractivity contribution in [2.45, 2.75) is 39.5 Å². The topological polar surface area (TPSA) is 20.3 Å². The van der Waals surface area contributed by atoms with Crippen LogP contribution in [0.1, 0.15) is 39.5 Å². The SMILES string of the molecule is CCCCN(CCCC)C(=O)C1C=CC=C1. The van der Waals surface area contributed by atoms with Gasteiger partial charge in [0.1, 0.15) is 0 Å². The molecule has 0 unspecified atom stereocenters. The van der Waals surface area contributed by atoms with E-state index in [1.165, 1.54) is 0 Å². The van der Waals surface area contributed by atoms with Crippen molar-refractivity contribution in [3.63, 3.8) is 0 Å². The van der Waals surface area contributed by atoms with E-state index in [0.717, 1.165) is 38.8 Å². The van der Waals surface area contributed by atoms with Gasteiger partial charge >= 0.3 is 0 Å². The Morgan fingerprint density at radius 2 is 1.56 bits per heavy atom. The lowest BCUT2D eigenvalue weighted by atomic mass is 10.1. The molecule has 90 valence electrons. The first kappa shape index (κ1) is 13.0. The molecule has 0 aromatic rings. The van der Waals surface area contributed by atoms with E-state index in [2.05, 4.69) is 13.8 Å². The van der Waals surface area contributed by atoms with Gasteiger partial charge in [0.15, 0.2) is 0 Å². The summed E-state index contributed by atoms with van der Waals surface area (Å²) in [7, 11) is 0. The van der Waals surface area contributed by atoms with Crippen LogP contribution in [0.15, 0.2) is 24.3 Å². The molecule has 0 saturated heterocycles. The maximum absolute atomic E-state index is 12.2. The largest absolute Gasteiger partial charge is 0.342 e. The standard InChI is InChI=1S/C14H23NO/c1-3-5-11-15(12-6-4-2)14(16)13-9-7-8-10-13/h7-10,13H,3-6,11-12H2,1-2H3. The average molecular weight is 221 g/mol. The number of hydrogen-bond acceptors (Lipinski definition) is 1. The lowest BCUT2D eigenvalue weighted by molar-refractivity contribution is -0.132. The Labute approximate surface area is 99.0 Å². The average Bonchev–Trinajstić information content (AvgIpc) is 2.82. The fraction of sp³-hybridized carbons (Fsp3) is 0.643. The third-order valence-corrected chi connectivity index (χ3v) is 2.91. The number of carbonyl (C=O) groups excluding carboxylic acids is 1. The normalized spacial score (nSPS) is 14.6. The van der Waals surface area contributed by atoms with E-state index in [0.29, 0.717) is 0 Å². The summed E-state index contributed by atoms with van der Waals surface area (Å²) in [5.74, 6) is 0.264. The number of rotatable bonds is 7. The number of nitrogens with zero attached hydrogens (tertiary/aromatic N) is 1. The van der Waals surface area contributed by atoms with Crippen LogP contribution in [-0.4, -0.2) is 23.9 Å². The van der Waals surface area contributed by atoms with Gasteiger partial charge in [-0.1, -0.05) is 51.0 Å². The van der Waals surface area contributed by atoms with Crippen LogP contribution in [0.25, 0.3) is 0 Å². The van der Waals surface area contributed by atoms with Crippen LogP contribution in [0, 0.1) is 5.92 Å². The van der Waals surface area contributed by atoms with Crippen molar-refractivity contribution in [3.8, 4) is 0 Å². The molecule has 0 aromatic carbocycles. The Balaban J connectivity index is 2.48. The van der Waals surface area contributed by atoms with Gasteiger partial charge in [0.2, 0.25) is 5.91 Å². The highest BCUT2D eigenvalue weighted by Crippen LogP contribution is 2.14. The second kappa shape index (κ2) is 7.26. The molecule has 2 heteroatoms. The number of hydrogen-bond donors (Lipinski definition) is 0. The van der Waals surface area contributed by atoms with Gasteiger partial charge in [0.05, 0.1) is 5.92 Å². The van der Waals surface area contributed by atoms with E-state index in [1.54, 1.807) is 0 Å². The molecule has 1 amide bonds. The van der Waals surface area contributed by atoms with E-state index in [4.69, 9.17) is 0 Å². The molecule has 2 nitrogen and oxygen atoms in total. The molecule has 0 N–H and O–H groups in total. The lowest BCUT2D eigenvalue weighted by Gasteiger charge is -2.24. The number of amides is 1. The Bertz CT molecular complexity index is 248. The highest BCUT2D eigenvalue weighted by molar-refractivity contribution is 5.83. The molecular formula is C14H23NO. The minimum Gasteiger partial charge on any atom is -0.342 e. The van der Waals surface area contributed by atoms with Crippen LogP contribution in [0.5, 0.6) is 0 Å². The number of carbonyl (C=O) groups is 1. The van der Waals surface area contributed by atoms with Gasteiger partial charge in [-0.15, -0.1) is 0 Å². The highest BCUT2D eigenvalue weighted by atomic mass is 16.2. The van der Waals surface area contributed by atoms with Crippen molar-refractivity contribution < 1.29 is 4.79 Å². The smallest absolute Gasteiger partial charge is 0.233 e. The summed E-state index contributed by atoms with van der Waals surface area (Å²) in [5, 5.41) is 0. The second-order valence-electron chi connectivity index (χ2n) is 4.33. The lowest BCUT2D eigenvalue weighted by Crippen LogP contribution is -2.36. The van der Waals surface area contributed by atoms with Crippen molar-refractivity contribution in [3.05, 3.63) is 24.3 Å². The molecule has 0 saturated carbocycles. The summed E-state index contributed by atoms with van der Waals surface area (Å²) < 4.78 is 0. The van der Waals surface area contributed by atoms with E-state index in [-0.39, 0.29) is 11.8 Å². The van der Waals surface area contributed by atoms with Crippen molar-refractivity contribution in [1.82, 2.24) is 4.90 Å². The van der Waals surface area contributed by atoms with Crippen molar-refractivity contribution in [2.24, 2.45) is 5.92 Å². The molecule has 0 heterocycles. The van der Waals surface area contributed by atoms with Gasteiger partial charge in [-0.05, 0) is 12.8 Å². The molecule has 0 bridgehead atoms. The van der Waals surface area contributed by atoms with Gasteiger partial charge in [-0.25, -0.2) is 0 Å². The first-order chi connectivity index (χ1) is 7.79. The third-order valence-electron chi connectivity index (χ3n) is 2.91. The molecule has 1 rings (SSSR count). The van der Waals surface area contributed by atoms with E-state index >= 15 is 0 Å². The van der Waals surface area contributed by atoms with Crippen LogP contribution < -0.4 is 0 Å². The van der Waals surface area contributed by atoms with Crippen molar-refractivity contribution in [2.75, 3.05) is 13.1 Å². The summed E-state index contributed by atoms with van der Waals surface area (Å²) in [4.78, 5) is 14.2. The molecule has 1 aliphatic carbocycles. The molecule has 1 aliphatic rings. The monoisotopic (exact) mass is 221 g/mol. The molecule has 0 atom stereocenters. The maximum Gasteiger partial charge on any atom is 0.233 e. The first-order valence-electron chi connectivity index (χ1n) is 6.43. The minimum absolute atomic E-state index is 0.00582. The molecule has 0 spiro atoms. The van der Waals surface area contributed by atoms with Crippen LogP contribution in [-0.2, 0) is 4.79 Å². The van der Waals surface area contributed by atoms with Gasteiger partial charge in [0.25, 0.3) is 0 Å². The maximum atomic E-state index is 12.2. The predicted molar refractivity (Wildman–Crippen MR) is 68.2 cm³/mol. The molecular weight excluding hydrogens is 198 g/mol. The Kier molecular flexibility index (Phi) is 5.91. The number of allylic oxidation sites excluding steroid dienone is 2. The highest BCUT2D eigenvalue weighted by Gasteiger charge is 2.20. The molecule has 0 aliphatic heterocycles. The molecule has 16 heavy (non-hydrogen) atoms. The van der Waals surface area contributed by atoms with E-state index in [1.807, 2.05) is 29.2 Å². The van der Waals surface area contributed by atoms with Crippen molar-refractivity contribution >= 4 is 5.91 Å². The Morgan fingerprint density at radius 1 is 1.06 bits per heavy atom. The summed E-state index contributed by atoms with van der Waals surface area (Å²) in [5.41, 5.74) is 0. The van der Waals surface area contributed by atoms with Gasteiger partial charge in [-0.2, -0.15) is 0 Å². The van der Waals surface area contributed by atoms with Crippen LogP contribution in [0.2, 0.25) is 0 Å². The molecule has 0 radical (unpaired) electrons. The zero-order valence-corrected chi connectivity index (χ0v) is 10.5. The fourth-order valence-electron chi connectivity index (χ4n) is 1.84. The summed E-state index contributed by atoms with van der Waals surface area (Å²) in [6, 6.07) is 0. The van der Waals surface area contributed by atoms with Crippen LogP contribution in [0.4, 0.5) is 0 Å². The van der Waals surface area contributed by atoms with Crippen molar-refractivity contribution in [1.29, 1.82) is 0 Å². The summed E-state index contributed by atoms with van der Waals surface area (Å²) in [6.07, 6.45) is 12.4. The quantitative estimate of drug-likeness (QED) is 0.646. The zero-order chi connectivity index (χ0) is 11.8. The number of unbranched alkanes of at least 4 members (excludes halogenated alkanes) is 2. The second-order valence-corrected chi connectivity index (χ2v) is 4.33.